The largest absolute Gasteiger partial charge is 0.312 e. The average molecular weight is 300 g/mol. The van der Waals surface area contributed by atoms with Gasteiger partial charge in [0.15, 0.2) is 0 Å². The van der Waals surface area contributed by atoms with Crippen molar-refractivity contribution in [3.05, 3.63) is 27.6 Å². The number of hydrogen-bond acceptors (Lipinski definition) is 3. The maximum absolute atomic E-state index is 12.0. The highest BCUT2D eigenvalue weighted by atomic mass is 32.1. The molecule has 4 saturated carbocycles. The highest BCUT2D eigenvalue weighted by Gasteiger charge is 2.56. The lowest BCUT2D eigenvalue weighted by Gasteiger charge is -2.61. The van der Waals surface area contributed by atoms with E-state index in [9.17, 15) is 4.79 Å². The van der Waals surface area contributed by atoms with E-state index >= 15 is 0 Å². The van der Waals surface area contributed by atoms with E-state index in [1.54, 1.807) is 11.3 Å². The second kappa shape index (κ2) is 3.78. The van der Waals surface area contributed by atoms with Crippen LogP contribution >= 0.6 is 11.3 Å². The van der Waals surface area contributed by atoms with Crippen molar-refractivity contribution in [1.82, 2.24) is 9.97 Å². The predicted octanol–water partition coefficient (Wildman–Crippen LogP) is 3.84. The molecule has 0 radical (unpaired) electrons. The van der Waals surface area contributed by atoms with Crippen LogP contribution in [0.1, 0.15) is 50.3 Å². The predicted molar refractivity (Wildman–Crippen MR) is 84.7 cm³/mol. The van der Waals surface area contributed by atoms with Crippen LogP contribution in [-0.2, 0) is 5.41 Å². The molecule has 4 heteroatoms. The summed E-state index contributed by atoms with van der Waals surface area (Å²) in [4.78, 5) is 20.5. The molecular weight excluding hydrogens is 280 g/mol. The van der Waals surface area contributed by atoms with Crippen LogP contribution in [0.15, 0.2) is 17.2 Å². The normalized spacial score (nSPS) is 41.0. The molecule has 0 aromatic carbocycles. The summed E-state index contributed by atoms with van der Waals surface area (Å²) in [6.07, 6.45) is 9.82. The van der Waals surface area contributed by atoms with Crippen LogP contribution in [0.2, 0.25) is 0 Å². The Morgan fingerprint density at radius 1 is 1.29 bits per heavy atom. The van der Waals surface area contributed by atoms with Gasteiger partial charge in [-0.1, -0.05) is 6.92 Å². The Hall–Kier alpha value is -1.16. The first-order valence-corrected chi connectivity index (χ1v) is 8.85. The molecule has 21 heavy (non-hydrogen) atoms. The van der Waals surface area contributed by atoms with Gasteiger partial charge in [-0.05, 0) is 61.8 Å². The molecule has 2 heterocycles. The van der Waals surface area contributed by atoms with Gasteiger partial charge in [-0.15, -0.1) is 11.3 Å². The molecule has 4 fully saturated rings. The fourth-order valence-corrected chi connectivity index (χ4v) is 7.35. The van der Waals surface area contributed by atoms with Gasteiger partial charge in [-0.2, -0.15) is 0 Å². The van der Waals surface area contributed by atoms with E-state index in [-0.39, 0.29) is 5.56 Å². The average Bonchev–Trinajstić information content (AvgIpc) is 2.82. The number of aromatic amines is 1. The Morgan fingerprint density at radius 3 is 2.71 bits per heavy atom. The van der Waals surface area contributed by atoms with E-state index in [1.165, 1.54) is 49.7 Å². The summed E-state index contributed by atoms with van der Waals surface area (Å²) >= 11 is 1.70. The van der Waals surface area contributed by atoms with Gasteiger partial charge in [0.1, 0.15) is 4.70 Å². The molecule has 6 rings (SSSR count). The molecule has 0 saturated heterocycles. The summed E-state index contributed by atoms with van der Waals surface area (Å²) < 4.78 is 0.813. The fourth-order valence-electron chi connectivity index (χ4n) is 6.14. The molecule has 0 spiro atoms. The standard InChI is InChI=1S/C17H20N2OS/c1-16-4-10-2-11(5-16)7-17(6-10,8-16)13-3-12-14(21-13)15(20)19-9-18-12/h3,9-11H,2,4-8H2,1H3,(H,18,19,20). The fraction of sp³-hybridized carbons (Fsp3) is 0.647. The topological polar surface area (TPSA) is 45.8 Å². The van der Waals surface area contributed by atoms with Crippen molar-refractivity contribution in [1.29, 1.82) is 0 Å². The van der Waals surface area contributed by atoms with E-state index in [2.05, 4.69) is 23.0 Å². The van der Waals surface area contributed by atoms with Gasteiger partial charge in [-0.3, -0.25) is 4.79 Å². The number of nitrogens with one attached hydrogen (secondary N) is 1. The zero-order chi connectivity index (χ0) is 14.2. The van der Waals surface area contributed by atoms with Crippen molar-refractivity contribution >= 4 is 21.6 Å². The van der Waals surface area contributed by atoms with Crippen LogP contribution in [0.5, 0.6) is 0 Å². The second-order valence-corrected chi connectivity index (χ2v) is 9.16. The smallest absolute Gasteiger partial charge is 0.268 e. The first kappa shape index (κ1) is 12.4. The van der Waals surface area contributed by atoms with Crippen molar-refractivity contribution in [2.75, 3.05) is 0 Å². The van der Waals surface area contributed by atoms with E-state index in [0.29, 0.717) is 10.8 Å². The van der Waals surface area contributed by atoms with Gasteiger partial charge >= 0.3 is 0 Å². The first-order chi connectivity index (χ1) is 10.1. The van der Waals surface area contributed by atoms with Crippen LogP contribution in [-0.4, -0.2) is 9.97 Å². The lowest BCUT2D eigenvalue weighted by atomic mass is 9.44. The molecule has 2 unspecified atom stereocenters. The van der Waals surface area contributed by atoms with Gasteiger partial charge in [0, 0.05) is 10.3 Å². The third-order valence-electron chi connectivity index (χ3n) is 6.19. The van der Waals surface area contributed by atoms with Gasteiger partial charge in [0.25, 0.3) is 5.56 Å². The highest BCUT2D eigenvalue weighted by molar-refractivity contribution is 7.19. The zero-order valence-corrected chi connectivity index (χ0v) is 13.1. The number of aromatic nitrogens is 2. The van der Waals surface area contributed by atoms with Crippen LogP contribution in [0, 0.1) is 17.3 Å². The van der Waals surface area contributed by atoms with Crippen LogP contribution in [0.4, 0.5) is 0 Å². The lowest BCUT2D eigenvalue weighted by Crippen LogP contribution is -2.52. The highest BCUT2D eigenvalue weighted by Crippen LogP contribution is 2.66. The van der Waals surface area contributed by atoms with Crippen LogP contribution in [0.3, 0.4) is 0 Å². The monoisotopic (exact) mass is 300 g/mol. The summed E-state index contributed by atoms with van der Waals surface area (Å²) in [6.45, 7) is 2.50. The van der Waals surface area contributed by atoms with E-state index < -0.39 is 0 Å². The van der Waals surface area contributed by atoms with Gasteiger partial charge < -0.3 is 4.98 Å². The maximum Gasteiger partial charge on any atom is 0.268 e. The summed E-state index contributed by atoms with van der Waals surface area (Å²) in [7, 11) is 0. The first-order valence-electron chi connectivity index (χ1n) is 8.03. The van der Waals surface area contributed by atoms with Crippen molar-refractivity contribution in [3.63, 3.8) is 0 Å². The molecule has 2 aromatic heterocycles. The minimum Gasteiger partial charge on any atom is -0.312 e. The summed E-state index contributed by atoms with van der Waals surface area (Å²) in [5.74, 6) is 1.82. The Kier molecular flexibility index (Phi) is 2.23. The van der Waals surface area contributed by atoms with E-state index in [1.807, 2.05) is 0 Å². The molecule has 3 nitrogen and oxygen atoms in total. The minimum atomic E-state index is 0.0205. The number of fused-ring (bicyclic) bond motifs is 1. The molecule has 4 aliphatic rings. The van der Waals surface area contributed by atoms with Crippen molar-refractivity contribution in [2.45, 2.75) is 50.9 Å². The molecular formula is C17H20N2OS. The Labute approximate surface area is 127 Å². The number of nitrogens with zero attached hydrogens (tertiary/aromatic N) is 1. The van der Waals surface area contributed by atoms with Crippen molar-refractivity contribution < 1.29 is 0 Å². The molecule has 2 atom stereocenters. The Balaban J connectivity index is 1.68. The van der Waals surface area contributed by atoms with E-state index in [0.717, 1.165) is 22.1 Å². The third kappa shape index (κ3) is 1.65. The quantitative estimate of drug-likeness (QED) is 0.869. The SMILES string of the molecule is CC12CC3CC(C1)CC(c1cc4nc[nH]c(=O)c4s1)(C3)C2. The van der Waals surface area contributed by atoms with Gasteiger partial charge in [0.05, 0.1) is 11.8 Å². The van der Waals surface area contributed by atoms with Crippen LogP contribution in [0.25, 0.3) is 10.2 Å². The number of H-pyrrole nitrogens is 1. The number of thiophene rings is 1. The number of hydrogen-bond donors (Lipinski definition) is 1. The molecule has 2 aromatic rings. The zero-order valence-electron chi connectivity index (χ0n) is 12.3. The van der Waals surface area contributed by atoms with Crippen molar-refractivity contribution in [2.24, 2.45) is 17.3 Å². The Bertz CT molecular complexity index is 775. The van der Waals surface area contributed by atoms with Gasteiger partial charge in [0.2, 0.25) is 0 Å². The van der Waals surface area contributed by atoms with Gasteiger partial charge in [-0.25, -0.2) is 4.98 Å². The third-order valence-corrected chi connectivity index (χ3v) is 7.56. The van der Waals surface area contributed by atoms with E-state index in [4.69, 9.17) is 0 Å². The Morgan fingerprint density at radius 2 is 2.05 bits per heavy atom. The summed E-state index contributed by atoms with van der Waals surface area (Å²) in [5, 5.41) is 0. The summed E-state index contributed by atoms with van der Waals surface area (Å²) in [5.41, 5.74) is 1.79. The minimum absolute atomic E-state index is 0.0205. The second-order valence-electron chi connectivity index (χ2n) is 8.11. The molecule has 0 amide bonds. The van der Waals surface area contributed by atoms with Crippen molar-refractivity contribution in [3.8, 4) is 0 Å². The molecule has 4 aliphatic carbocycles. The number of rotatable bonds is 1. The molecule has 1 N–H and O–H groups in total. The molecule has 0 aliphatic heterocycles. The maximum atomic E-state index is 12.0. The molecule has 4 bridgehead atoms. The lowest BCUT2D eigenvalue weighted by molar-refractivity contribution is -0.0601. The van der Waals surface area contributed by atoms with Crippen LogP contribution < -0.4 is 5.56 Å². The molecule has 110 valence electrons. The summed E-state index contributed by atoms with van der Waals surface area (Å²) in [6, 6.07) is 2.21.